The molecule has 0 saturated carbocycles. The van der Waals surface area contributed by atoms with E-state index in [1.165, 1.54) is 12.1 Å². The minimum atomic E-state index is -0.529. The zero-order valence-electron chi connectivity index (χ0n) is 18.8. The van der Waals surface area contributed by atoms with E-state index in [-0.39, 0.29) is 11.3 Å². The van der Waals surface area contributed by atoms with E-state index in [2.05, 4.69) is 31.1 Å². The Balaban J connectivity index is 2.42. The summed E-state index contributed by atoms with van der Waals surface area (Å²) in [5.41, 5.74) is 7.88. The van der Waals surface area contributed by atoms with Crippen molar-refractivity contribution in [3.05, 3.63) is 52.7 Å². The summed E-state index contributed by atoms with van der Waals surface area (Å²) in [7, 11) is 0. The first kappa shape index (κ1) is 23.6. The van der Waals surface area contributed by atoms with Crippen LogP contribution in [0.3, 0.4) is 0 Å². The molecule has 0 bridgehead atoms. The molecule has 0 spiro atoms. The Morgan fingerprint density at radius 3 is 2.70 bits per heavy atom. The number of nitrogens with one attached hydrogen (secondary N) is 1. The van der Waals surface area contributed by atoms with Crippen LogP contribution in [0.15, 0.2) is 45.8 Å². The zero-order valence-corrected chi connectivity index (χ0v) is 18.8. The van der Waals surface area contributed by atoms with Crippen LogP contribution in [0.5, 0.6) is 5.75 Å². The third-order valence-electron chi connectivity index (χ3n) is 4.85. The van der Waals surface area contributed by atoms with Crippen molar-refractivity contribution in [1.82, 2.24) is 5.32 Å². The van der Waals surface area contributed by atoms with Gasteiger partial charge in [-0.1, -0.05) is 33.6 Å². The van der Waals surface area contributed by atoms with Crippen LogP contribution in [0.25, 0.3) is 0 Å². The van der Waals surface area contributed by atoms with Gasteiger partial charge in [-0.15, -0.1) is 0 Å². The number of phenols is 1. The third-order valence-corrected chi connectivity index (χ3v) is 4.85. The largest absolute Gasteiger partial charge is 0.507 e. The van der Waals surface area contributed by atoms with Gasteiger partial charge in [0.25, 0.3) is 0 Å². The number of nitrogens with two attached hydrogens (primary N) is 1. The highest BCUT2D eigenvalue weighted by atomic mass is 19.1. The second kappa shape index (κ2) is 11.0. The first-order valence-electron chi connectivity index (χ1n) is 10.7. The number of hydrogen-bond acceptors (Lipinski definition) is 5. The van der Waals surface area contributed by atoms with E-state index in [1.54, 1.807) is 19.9 Å². The average Bonchev–Trinajstić information content (AvgIpc) is 2.80. The van der Waals surface area contributed by atoms with Crippen molar-refractivity contribution in [3.63, 3.8) is 0 Å². The molecule has 1 aliphatic heterocycles. The molecule has 1 unspecified atom stereocenters. The van der Waals surface area contributed by atoms with E-state index in [0.29, 0.717) is 47.0 Å². The van der Waals surface area contributed by atoms with Gasteiger partial charge in [-0.25, -0.2) is 9.38 Å². The lowest BCUT2D eigenvalue weighted by Gasteiger charge is -2.22. The third kappa shape index (κ3) is 6.71. The number of halogens is 1. The van der Waals surface area contributed by atoms with E-state index in [0.717, 1.165) is 25.7 Å². The summed E-state index contributed by atoms with van der Waals surface area (Å²) in [5, 5.41) is 14.0. The maximum atomic E-state index is 14.7. The highest BCUT2D eigenvalue weighted by Crippen LogP contribution is 2.25. The molecular weight excluding hydrogens is 379 g/mol. The molecule has 5 nitrogen and oxygen atoms in total. The van der Waals surface area contributed by atoms with Crippen LogP contribution in [0.1, 0.15) is 64.5 Å². The molecule has 6 heteroatoms. The van der Waals surface area contributed by atoms with Gasteiger partial charge in [0.2, 0.25) is 0 Å². The predicted molar refractivity (Wildman–Crippen MR) is 124 cm³/mol. The number of aromatic hydroxyl groups is 1. The van der Waals surface area contributed by atoms with E-state index >= 15 is 0 Å². The molecule has 0 saturated heterocycles. The quantitative estimate of drug-likeness (QED) is 0.533. The number of aryl methyl sites for hydroxylation is 1. The fraction of sp³-hybridized carbons (Fsp3) is 0.500. The normalized spacial score (nSPS) is 16.0. The Kier molecular flexibility index (Phi) is 8.63. The Morgan fingerprint density at radius 1 is 1.37 bits per heavy atom. The smallest absolute Gasteiger partial charge is 0.136 e. The Hall–Kier alpha value is -2.63. The molecular formula is C24H35FN4O. The molecule has 0 aromatic heterocycles. The highest BCUT2D eigenvalue weighted by molar-refractivity contribution is 6.52. The van der Waals surface area contributed by atoms with Gasteiger partial charge in [0, 0.05) is 11.7 Å². The first-order valence-corrected chi connectivity index (χ1v) is 10.7. The number of phenolic OH excluding ortho intramolecular Hbond substituents is 1. The minimum Gasteiger partial charge on any atom is -0.507 e. The van der Waals surface area contributed by atoms with Gasteiger partial charge in [-0.05, 0) is 62.5 Å². The first-order chi connectivity index (χ1) is 14.2. The number of nitrogens with zero attached hydrogens (tertiary/aromatic N) is 2. The number of unbranched alkanes of at least 4 members (excludes halogenated alkanes) is 1. The van der Waals surface area contributed by atoms with Crippen LogP contribution in [0.2, 0.25) is 0 Å². The fourth-order valence-electron chi connectivity index (χ4n) is 3.58. The number of hydrogen-bond donors (Lipinski definition) is 3. The maximum absolute atomic E-state index is 14.7. The van der Waals surface area contributed by atoms with Crippen LogP contribution in [0.4, 0.5) is 4.39 Å². The van der Waals surface area contributed by atoms with E-state index in [9.17, 15) is 9.50 Å². The van der Waals surface area contributed by atoms with Crippen LogP contribution < -0.4 is 11.1 Å². The summed E-state index contributed by atoms with van der Waals surface area (Å²) in [4.78, 5) is 9.26. The van der Waals surface area contributed by atoms with E-state index in [4.69, 9.17) is 10.7 Å². The summed E-state index contributed by atoms with van der Waals surface area (Å²) >= 11 is 0. The van der Waals surface area contributed by atoms with Crippen LogP contribution >= 0.6 is 0 Å². The van der Waals surface area contributed by atoms with Gasteiger partial charge in [0.15, 0.2) is 0 Å². The molecule has 0 radical (unpaired) electrons. The molecule has 1 atom stereocenters. The molecule has 1 aliphatic rings. The Morgan fingerprint density at radius 2 is 2.10 bits per heavy atom. The van der Waals surface area contributed by atoms with Gasteiger partial charge in [-0.2, -0.15) is 0 Å². The van der Waals surface area contributed by atoms with Gasteiger partial charge < -0.3 is 16.2 Å². The van der Waals surface area contributed by atoms with Crippen molar-refractivity contribution in [3.8, 4) is 5.75 Å². The zero-order chi connectivity index (χ0) is 22.3. The molecule has 164 valence electrons. The minimum absolute atomic E-state index is 0.0520. The van der Waals surface area contributed by atoms with Gasteiger partial charge in [-0.3, -0.25) is 4.99 Å². The topological polar surface area (TPSA) is 83.0 Å². The number of benzene rings is 1. The molecule has 1 aromatic carbocycles. The standard InChI is InChI=1S/C24H35FN4O/c1-6-7-8-18(11-15(2)3)28-22-9-10-27-24(20(29-22)14-17(5)26)23-19(25)12-16(4)13-21(23)30/h9,12-15,18,28,30H,6-8,10-11,26H2,1-5H3/b17-14-. The van der Waals surface area contributed by atoms with Gasteiger partial charge >= 0.3 is 0 Å². The summed E-state index contributed by atoms with van der Waals surface area (Å²) < 4.78 is 14.7. The van der Waals surface area contributed by atoms with Gasteiger partial charge in [0.1, 0.15) is 17.4 Å². The molecule has 4 N–H and O–H groups in total. The monoisotopic (exact) mass is 414 g/mol. The molecule has 30 heavy (non-hydrogen) atoms. The van der Waals surface area contributed by atoms with Crippen LogP contribution in [0, 0.1) is 18.7 Å². The lowest BCUT2D eigenvalue weighted by molar-refractivity contribution is 0.412. The van der Waals surface area contributed by atoms with Crippen molar-refractivity contribution in [2.45, 2.75) is 66.3 Å². The van der Waals surface area contributed by atoms with Crippen molar-refractivity contribution < 1.29 is 9.50 Å². The summed E-state index contributed by atoms with van der Waals surface area (Å²) in [5.74, 6) is 0.582. The Labute approximate surface area is 179 Å². The second-order valence-electron chi connectivity index (χ2n) is 8.42. The number of allylic oxidation sites excluding steroid dienone is 2. The average molecular weight is 415 g/mol. The molecule has 2 rings (SSSR count). The van der Waals surface area contributed by atoms with Crippen molar-refractivity contribution in [2.75, 3.05) is 6.54 Å². The molecule has 1 heterocycles. The lowest BCUT2D eigenvalue weighted by atomic mass is 9.99. The SMILES string of the molecule is CCCCC(CC(C)C)NC1=CCN=C(c2c(O)cc(C)cc2F)C(/C=C(/C)N)=N1. The number of aliphatic imine (C=N–C) groups is 2. The molecule has 0 fully saturated rings. The van der Waals surface area contributed by atoms with Crippen molar-refractivity contribution >= 4 is 11.4 Å². The van der Waals surface area contributed by atoms with Crippen LogP contribution in [-0.2, 0) is 0 Å². The van der Waals surface area contributed by atoms with E-state index < -0.39 is 5.82 Å². The lowest BCUT2D eigenvalue weighted by Crippen LogP contribution is -2.30. The highest BCUT2D eigenvalue weighted by Gasteiger charge is 2.22. The predicted octanol–water partition coefficient (Wildman–Crippen LogP) is 4.98. The fourth-order valence-corrected chi connectivity index (χ4v) is 3.58. The molecule has 0 amide bonds. The van der Waals surface area contributed by atoms with E-state index in [1.807, 2.05) is 6.08 Å². The van der Waals surface area contributed by atoms with Crippen LogP contribution in [-0.4, -0.2) is 29.1 Å². The Bertz CT molecular complexity index is 841. The van der Waals surface area contributed by atoms with Crippen molar-refractivity contribution in [2.24, 2.45) is 21.6 Å². The summed E-state index contributed by atoms with van der Waals surface area (Å²) in [6.07, 6.45) is 7.94. The summed E-state index contributed by atoms with van der Waals surface area (Å²) in [6.45, 7) is 10.4. The van der Waals surface area contributed by atoms with Crippen molar-refractivity contribution in [1.29, 1.82) is 0 Å². The summed E-state index contributed by atoms with van der Waals surface area (Å²) in [6, 6.07) is 3.21. The maximum Gasteiger partial charge on any atom is 0.136 e. The molecule has 1 aromatic rings. The second-order valence-corrected chi connectivity index (χ2v) is 8.42. The number of rotatable bonds is 9. The molecule has 0 aliphatic carbocycles. The van der Waals surface area contributed by atoms with Gasteiger partial charge in [0.05, 0.1) is 23.5 Å².